The molecule has 0 aliphatic rings. The molecule has 0 fully saturated rings. The van der Waals surface area contributed by atoms with Crippen molar-refractivity contribution in [1.29, 1.82) is 0 Å². The van der Waals surface area contributed by atoms with Crippen molar-refractivity contribution in [3.8, 4) is 0 Å². The number of nitrogens with one attached hydrogen (secondary N) is 1. The molecule has 0 aromatic heterocycles. The van der Waals surface area contributed by atoms with E-state index in [0.29, 0.717) is 26.4 Å². The Balaban J connectivity index is 0. The zero-order valence-corrected chi connectivity index (χ0v) is 27.3. The molecule has 0 saturated heterocycles. The summed E-state index contributed by atoms with van der Waals surface area (Å²) >= 11 is 0. The maximum Gasteiger partial charge on any atom is 0.508 e. The first-order chi connectivity index (χ1) is 20.1. The Morgan fingerprint density at radius 2 is 0.732 bits per heavy atom. The highest BCUT2D eigenvalue weighted by Gasteiger charge is 2.04. The van der Waals surface area contributed by atoms with Crippen LogP contribution in [0, 0.1) is 0 Å². The van der Waals surface area contributed by atoms with Crippen LogP contribution in [0.2, 0.25) is 0 Å². The summed E-state index contributed by atoms with van der Waals surface area (Å²) in [6.45, 7) is 11.2. The van der Waals surface area contributed by atoms with Gasteiger partial charge < -0.3 is 30.0 Å². The lowest BCUT2D eigenvalue weighted by atomic mass is 10.1. The van der Waals surface area contributed by atoms with Crippen molar-refractivity contribution in [2.24, 2.45) is 5.73 Å². The Labute approximate surface area is 253 Å². The van der Waals surface area contributed by atoms with Gasteiger partial charge in [-0.25, -0.2) is 9.59 Å². The standard InChI is InChI=1S/C18H38N2O3.C15H30O3/c1-2-3-4-5-6-7-10-16-22-18(21)23-17-11-8-9-14-20-15-12-13-19;1-3-5-7-8-9-10-12-14-18-15(16)17-13-11-6-4-2/h20H,2-17,19H2,1H3;3-14H2,1-2H3. The lowest BCUT2D eigenvalue weighted by Gasteiger charge is -2.07. The van der Waals surface area contributed by atoms with E-state index in [1.165, 1.54) is 64.2 Å². The SMILES string of the molecule is CCCCCCCCCOC(=O)OCCCCC.CCCCCCCCCOC(=O)OCCCCCNCCCN. The quantitative estimate of drug-likeness (QED) is 0.0658. The second-order valence-corrected chi connectivity index (χ2v) is 10.8. The van der Waals surface area contributed by atoms with E-state index in [1.807, 2.05) is 0 Å². The first-order valence-electron chi connectivity index (χ1n) is 17.1. The average Bonchev–Trinajstić information content (AvgIpc) is 2.97. The number of carbonyl (C=O) groups is 2. The highest BCUT2D eigenvalue weighted by atomic mass is 16.7. The molecule has 0 aromatic rings. The predicted octanol–water partition coefficient (Wildman–Crippen LogP) is 9.08. The summed E-state index contributed by atoms with van der Waals surface area (Å²) in [6, 6.07) is 0. The van der Waals surface area contributed by atoms with Crippen LogP contribution in [-0.4, -0.2) is 58.4 Å². The second kappa shape index (κ2) is 38.5. The number of nitrogens with two attached hydrogens (primary N) is 1. The fourth-order valence-electron chi connectivity index (χ4n) is 4.06. The summed E-state index contributed by atoms with van der Waals surface area (Å²) in [5.41, 5.74) is 5.41. The number of rotatable bonds is 29. The molecular weight excluding hydrogens is 520 g/mol. The molecule has 246 valence electrons. The molecule has 0 spiro atoms. The molecule has 0 aromatic carbocycles. The van der Waals surface area contributed by atoms with Crippen LogP contribution >= 0.6 is 0 Å². The van der Waals surface area contributed by atoms with Crippen molar-refractivity contribution in [3.63, 3.8) is 0 Å². The Bertz CT molecular complexity index is 522. The molecule has 0 atom stereocenters. The third-order valence-corrected chi connectivity index (χ3v) is 6.68. The fourth-order valence-corrected chi connectivity index (χ4v) is 4.06. The molecule has 0 unspecified atom stereocenters. The largest absolute Gasteiger partial charge is 0.508 e. The lowest BCUT2D eigenvalue weighted by molar-refractivity contribution is 0.0520. The van der Waals surface area contributed by atoms with Gasteiger partial charge in [0.25, 0.3) is 0 Å². The van der Waals surface area contributed by atoms with Crippen LogP contribution < -0.4 is 11.1 Å². The van der Waals surface area contributed by atoms with Crippen LogP contribution in [0.3, 0.4) is 0 Å². The van der Waals surface area contributed by atoms with E-state index in [9.17, 15) is 9.59 Å². The molecule has 41 heavy (non-hydrogen) atoms. The van der Waals surface area contributed by atoms with E-state index in [1.54, 1.807) is 0 Å². The Morgan fingerprint density at radius 3 is 1.12 bits per heavy atom. The van der Waals surface area contributed by atoms with E-state index in [2.05, 4.69) is 26.1 Å². The minimum atomic E-state index is -0.517. The van der Waals surface area contributed by atoms with E-state index in [-0.39, 0.29) is 0 Å². The molecule has 0 radical (unpaired) electrons. The normalized spacial score (nSPS) is 10.5. The van der Waals surface area contributed by atoms with Crippen LogP contribution in [-0.2, 0) is 18.9 Å². The summed E-state index contributed by atoms with van der Waals surface area (Å²) in [6.07, 6.45) is 23.3. The zero-order chi connectivity index (χ0) is 30.5. The van der Waals surface area contributed by atoms with Gasteiger partial charge in [0.1, 0.15) is 0 Å². The Morgan fingerprint density at radius 1 is 0.439 bits per heavy atom. The second-order valence-electron chi connectivity index (χ2n) is 10.8. The van der Waals surface area contributed by atoms with Gasteiger partial charge in [-0.3, -0.25) is 0 Å². The third kappa shape index (κ3) is 40.7. The molecule has 0 bridgehead atoms. The first-order valence-corrected chi connectivity index (χ1v) is 17.1. The van der Waals surface area contributed by atoms with Gasteiger partial charge in [-0.15, -0.1) is 0 Å². The van der Waals surface area contributed by atoms with Crippen LogP contribution in [0.1, 0.15) is 156 Å². The smallest absolute Gasteiger partial charge is 0.434 e. The van der Waals surface area contributed by atoms with Crippen molar-refractivity contribution in [3.05, 3.63) is 0 Å². The van der Waals surface area contributed by atoms with Crippen LogP contribution in [0.25, 0.3) is 0 Å². The van der Waals surface area contributed by atoms with Crippen molar-refractivity contribution < 1.29 is 28.5 Å². The van der Waals surface area contributed by atoms with E-state index >= 15 is 0 Å². The van der Waals surface area contributed by atoms with Crippen molar-refractivity contribution >= 4 is 12.3 Å². The fraction of sp³-hybridized carbons (Fsp3) is 0.939. The molecule has 0 amide bonds. The molecule has 0 aliphatic heterocycles. The van der Waals surface area contributed by atoms with Gasteiger partial charge >= 0.3 is 12.3 Å². The zero-order valence-electron chi connectivity index (χ0n) is 27.3. The van der Waals surface area contributed by atoms with Crippen molar-refractivity contribution in [2.45, 2.75) is 156 Å². The molecule has 0 heterocycles. The summed E-state index contributed by atoms with van der Waals surface area (Å²) in [5.74, 6) is 0. The number of hydrogen-bond acceptors (Lipinski definition) is 8. The maximum absolute atomic E-state index is 11.4. The van der Waals surface area contributed by atoms with Gasteiger partial charge in [-0.1, -0.05) is 111 Å². The number of unbranched alkanes of at least 4 members (excludes halogenated alkanes) is 16. The topological polar surface area (TPSA) is 109 Å². The molecule has 3 N–H and O–H groups in total. The van der Waals surface area contributed by atoms with Crippen LogP contribution in [0.4, 0.5) is 9.59 Å². The van der Waals surface area contributed by atoms with Crippen molar-refractivity contribution in [1.82, 2.24) is 5.32 Å². The average molecular weight is 589 g/mol. The summed E-state index contributed by atoms with van der Waals surface area (Å²) in [4.78, 5) is 22.5. The van der Waals surface area contributed by atoms with Crippen molar-refractivity contribution in [2.75, 3.05) is 46.1 Å². The molecule has 8 nitrogen and oxygen atoms in total. The molecule has 0 rings (SSSR count). The lowest BCUT2D eigenvalue weighted by Crippen LogP contribution is -2.19. The van der Waals surface area contributed by atoms with Gasteiger partial charge in [-0.05, 0) is 64.6 Å². The monoisotopic (exact) mass is 589 g/mol. The van der Waals surface area contributed by atoms with Gasteiger partial charge in [0.2, 0.25) is 0 Å². The van der Waals surface area contributed by atoms with E-state index in [4.69, 9.17) is 24.7 Å². The van der Waals surface area contributed by atoms with Gasteiger partial charge in [0, 0.05) is 0 Å². The third-order valence-electron chi connectivity index (χ3n) is 6.68. The van der Waals surface area contributed by atoms with Gasteiger partial charge in [0.15, 0.2) is 0 Å². The first kappa shape index (κ1) is 41.6. The molecule has 0 saturated carbocycles. The maximum atomic E-state index is 11.4. The number of hydrogen-bond donors (Lipinski definition) is 2. The molecular formula is C33H68N2O6. The van der Waals surface area contributed by atoms with Crippen LogP contribution in [0.5, 0.6) is 0 Å². The minimum Gasteiger partial charge on any atom is -0.434 e. The van der Waals surface area contributed by atoms with Gasteiger partial charge in [-0.2, -0.15) is 0 Å². The minimum absolute atomic E-state index is 0.457. The highest BCUT2D eigenvalue weighted by Crippen LogP contribution is 2.08. The van der Waals surface area contributed by atoms with E-state index < -0.39 is 12.3 Å². The predicted molar refractivity (Wildman–Crippen MR) is 171 cm³/mol. The molecule has 8 heteroatoms. The summed E-state index contributed by atoms with van der Waals surface area (Å²) < 4.78 is 20.0. The van der Waals surface area contributed by atoms with E-state index in [0.717, 1.165) is 90.3 Å². The summed E-state index contributed by atoms with van der Waals surface area (Å²) in [7, 11) is 0. The Kier molecular flexibility index (Phi) is 39.0. The number of carbonyl (C=O) groups excluding carboxylic acids is 2. The summed E-state index contributed by atoms with van der Waals surface area (Å²) in [5, 5.41) is 3.33. The highest BCUT2D eigenvalue weighted by molar-refractivity contribution is 5.60. The Hall–Kier alpha value is -1.54. The van der Waals surface area contributed by atoms with Gasteiger partial charge in [0.05, 0.1) is 26.4 Å². The van der Waals surface area contributed by atoms with Crippen LogP contribution in [0.15, 0.2) is 0 Å². The molecule has 0 aliphatic carbocycles. The number of ether oxygens (including phenoxy) is 4.